The van der Waals surface area contributed by atoms with Crippen LogP contribution in [-0.2, 0) is 9.53 Å². The molecule has 0 spiro atoms. The summed E-state index contributed by atoms with van der Waals surface area (Å²) >= 11 is 4.76. The van der Waals surface area contributed by atoms with Crippen molar-refractivity contribution >= 4 is 39.3 Å². The standard InChI is InChI=1S/C12H16BrNO4S/c1-12(2,3)18-11(17)14-9(4-10(15)16)7-5-19-6-8(7)13/h5-6,9H,4H2,1-3H3,(H,14,17)(H,15,16)/t9-/m0/s1. The average molecular weight is 350 g/mol. The molecule has 7 heteroatoms. The fraction of sp³-hybridized carbons (Fsp3) is 0.500. The van der Waals surface area contributed by atoms with Gasteiger partial charge in [0.25, 0.3) is 0 Å². The number of rotatable bonds is 4. The Morgan fingerprint density at radius 1 is 1.47 bits per heavy atom. The molecule has 1 atom stereocenters. The summed E-state index contributed by atoms with van der Waals surface area (Å²) in [6, 6.07) is -0.618. The first kappa shape index (κ1) is 16.0. The highest BCUT2D eigenvalue weighted by Gasteiger charge is 2.24. The van der Waals surface area contributed by atoms with Crippen molar-refractivity contribution in [3.05, 3.63) is 20.8 Å². The molecular weight excluding hydrogens is 334 g/mol. The third kappa shape index (κ3) is 5.61. The molecule has 5 nitrogen and oxygen atoms in total. The van der Waals surface area contributed by atoms with E-state index in [0.717, 1.165) is 10.0 Å². The van der Waals surface area contributed by atoms with Crippen LogP contribution in [0.15, 0.2) is 15.2 Å². The maximum absolute atomic E-state index is 11.7. The number of carboxylic acids is 1. The molecule has 1 rings (SSSR count). The van der Waals surface area contributed by atoms with Crippen LogP contribution in [0.3, 0.4) is 0 Å². The fourth-order valence-corrected chi connectivity index (χ4v) is 3.03. The highest BCUT2D eigenvalue weighted by Crippen LogP contribution is 2.29. The van der Waals surface area contributed by atoms with Gasteiger partial charge in [-0.15, -0.1) is 0 Å². The number of carbonyl (C=O) groups excluding carboxylic acids is 1. The molecule has 0 radical (unpaired) electrons. The molecule has 106 valence electrons. The van der Waals surface area contributed by atoms with Crippen molar-refractivity contribution in [2.24, 2.45) is 0 Å². The van der Waals surface area contributed by atoms with E-state index < -0.39 is 23.7 Å². The Hall–Kier alpha value is -1.08. The number of aliphatic carboxylic acids is 1. The predicted octanol–water partition coefficient (Wildman–Crippen LogP) is 3.55. The summed E-state index contributed by atoms with van der Waals surface area (Å²) in [6.07, 6.45) is -0.828. The van der Waals surface area contributed by atoms with Gasteiger partial charge in [0.1, 0.15) is 5.60 Å². The van der Waals surface area contributed by atoms with Gasteiger partial charge in [0.15, 0.2) is 0 Å². The molecule has 0 saturated carbocycles. The van der Waals surface area contributed by atoms with Crippen molar-refractivity contribution < 1.29 is 19.4 Å². The van der Waals surface area contributed by atoms with Gasteiger partial charge in [-0.25, -0.2) is 4.79 Å². The van der Waals surface area contributed by atoms with E-state index in [1.165, 1.54) is 11.3 Å². The van der Waals surface area contributed by atoms with E-state index in [-0.39, 0.29) is 6.42 Å². The number of carbonyl (C=O) groups is 2. The highest BCUT2D eigenvalue weighted by molar-refractivity contribution is 9.10. The molecule has 0 fully saturated rings. The topological polar surface area (TPSA) is 75.6 Å². The number of ether oxygens (including phenoxy) is 1. The average Bonchev–Trinajstić information content (AvgIpc) is 2.59. The van der Waals surface area contributed by atoms with Crippen LogP contribution in [0.2, 0.25) is 0 Å². The van der Waals surface area contributed by atoms with Gasteiger partial charge in [-0.1, -0.05) is 0 Å². The number of amides is 1. The largest absolute Gasteiger partial charge is 0.481 e. The molecule has 0 bridgehead atoms. The first-order valence-corrected chi connectivity index (χ1v) is 7.35. The van der Waals surface area contributed by atoms with Gasteiger partial charge in [0.2, 0.25) is 0 Å². The Morgan fingerprint density at radius 3 is 2.53 bits per heavy atom. The van der Waals surface area contributed by atoms with Gasteiger partial charge in [0, 0.05) is 9.85 Å². The number of halogens is 1. The minimum Gasteiger partial charge on any atom is -0.481 e. The van der Waals surface area contributed by atoms with Crippen LogP contribution in [0.1, 0.15) is 38.8 Å². The van der Waals surface area contributed by atoms with E-state index in [0.29, 0.717) is 0 Å². The van der Waals surface area contributed by atoms with E-state index in [9.17, 15) is 9.59 Å². The van der Waals surface area contributed by atoms with Gasteiger partial charge < -0.3 is 15.2 Å². The monoisotopic (exact) mass is 349 g/mol. The van der Waals surface area contributed by atoms with Crippen LogP contribution < -0.4 is 5.32 Å². The molecule has 19 heavy (non-hydrogen) atoms. The van der Waals surface area contributed by atoms with Crippen molar-refractivity contribution in [1.29, 1.82) is 0 Å². The second kappa shape index (κ2) is 6.38. The zero-order valence-corrected chi connectivity index (χ0v) is 13.3. The van der Waals surface area contributed by atoms with Crippen molar-refractivity contribution in [2.45, 2.75) is 38.8 Å². The normalized spacial score (nSPS) is 12.8. The molecule has 1 amide bonds. The second-order valence-corrected chi connectivity index (χ2v) is 6.57. The predicted molar refractivity (Wildman–Crippen MR) is 76.4 cm³/mol. The van der Waals surface area contributed by atoms with Crippen LogP contribution in [0, 0.1) is 0 Å². The third-order valence-corrected chi connectivity index (χ3v) is 3.84. The maximum atomic E-state index is 11.7. The quantitative estimate of drug-likeness (QED) is 0.871. The van der Waals surface area contributed by atoms with Gasteiger partial charge in [-0.05, 0) is 47.6 Å². The van der Waals surface area contributed by atoms with Crippen LogP contribution in [0.4, 0.5) is 4.79 Å². The van der Waals surface area contributed by atoms with Gasteiger partial charge >= 0.3 is 12.1 Å². The number of thiophene rings is 1. The molecule has 0 aliphatic heterocycles. The van der Waals surface area contributed by atoms with E-state index in [4.69, 9.17) is 9.84 Å². The van der Waals surface area contributed by atoms with E-state index in [2.05, 4.69) is 21.2 Å². The summed E-state index contributed by atoms with van der Waals surface area (Å²) in [7, 11) is 0. The molecule has 1 aromatic heterocycles. The highest BCUT2D eigenvalue weighted by atomic mass is 79.9. The minimum atomic E-state index is -0.987. The lowest BCUT2D eigenvalue weighted by Gasteiger charge is -2.23. The van der Waals surface area contributed by atoms with Crippen LogP contribution in [0.5, 0.6) is 0 Å². The second-order valence-electron chi connectivity index (χ2n) is 4.97. The summed E-state index contributed by atoms with van der Waals surface area (Å²) in [4.78, 5) is 22.6. The van der Waals surface area contributed by atoms with Gasteiger partial charge in [-0.2, -0.15) is 11.3 Å². The molecule has 0 aromatic carbocycles. The Kier molecular flexibility index (Phi) is 5.37. The fourth-order valence-electron chi connectivity index (χ4n) is 1.40. The van der Waals surface area contributed by atoms with Crippen molar-refractivity contribution in [1.82, 2.24) is 5.32 Å². The van der Waals surface area contributed by atoms with E-state index in [1.54, 1.807) is 26.2 Å². The summed E-state index contributed by atoms with van der Waals surface area (Å²) < 4.78 is 5.91. The Morgan fingerprint density at radius 2 is 2.11 bits per heavy atom. The zero-order valence-electron chi connectivity index (χ0n) is 10.9. The number of hydrogen-bond acceptors (Lipinski definition) is 4. The molecule has 1 heterocycles. The Balaban J connectivity index is 2.79. The Bertz CT molecular complexity index is 467. The molecular formula is C12H16BrNO4S. The smallest absolute Gasteiger partial charge is 0.408 e. The first-order valence-electron chi connectivity index (χ1n) is 5.62. The molecule has 2 N–H and O–H groups in total. The number of alkyl carbamates (subject to hydrolysis) is 1. The maximum Gasteiger partial charge on any atom is 0.408 e. The summed E-state index contributed by atoms with van der Waals surface area (Å²) in [5, 5.41) is 15.1. The zero-order chi connectivity index (χ0) is 14.6. The van der Waals surface area contributed by atoms with Gasteiger partial charge in [0.05, 0.1) is 12.5 Å². The summed E-state index contributed by atoms with van der Waals surface area (Å²) in [5.41, 5.74) is 0.113. The lowest BCUT2D eigenvalue weighted by molar-refractivity contribution is -0.137. The van der Waals surface area contributed by atoms with Crippen LogP contribution >= 0.6 is 27.3 Å². The van der Waals surface area contributed by atoms with Crippen LogP contribution in [-0.4, -0.2) is 22.8 Å². The molecule has 0 unspecified atom stereocenters. The first-order chi connectivity index (χ1) is 8.69. The molecule has 1 aromatic rings. The summed E-state index contributed by atoms with van der Waals surface area (Å²) in [6.45, 7) is 5.25. The Labute approximate surface area is 124 Å². The van der Waals surface area contributed by atoms with Crippen molar-refractivity contribution in [3.8, 4) is 0 Å². The van der Waals surface area contributed by atoms with Crippen LogP contribution in [0.25, 0.3) is 0 Å². The number of carboxylic acid groups (broad SMARTS) is 1. The third-order valence-electron chi connectivity index (χ3n) is 2.09. The van der Waals surface area contributed by atoms with Gasteiger partial charge in [-0.3, -0.25) is 4.79 Å². The number of hydrogen-bond donors (Lipinski definition) is 2. The van der Waals surface area contributed by atoms with E-state index in [1.807, 2.05) is 5.38 Å². The molecule has 0 aliphatic rings. The van der Waals surface area contributed by atoms with E-state index >= 15 is 0 Å². The molecule has 0 saturated heterocycles. The lowest BCUT2D eigenvalue weighted by Crippen LogP contribution is -2.35. The van der Waals surface area contributed by atoms with Crippen molar-refractivity contribution in [2.75, 3.05) is 0 Å². The lowest BCUT2D eigenvalue weighted by atomic mass is 10.1. The minimum absolute atomic E-state index is 0.200. The SMILES string of the molecule is CC(C)(C)OC(=O)N[C@@H](CC(=O)O)c1cscc1Br. The molecule has 0 aliphatic carbocycles. The van der Waals surface area contributed by atoms with Crippen molar-refractivity contribution in [3.63, 3.8) is 0 Å². The number of nitrogens with one attached hydrogen (secondary N) is 1. The summed E-state index contributed by atoms with van der Waals surface area (Å²) in [5.74, 6) is -0.987.